The zero-order chi connectivity index (χ0) is 22.5. The van der Waals surface area contributed by atoms with Crippen LogP contribution in [0.15, 0.2) is 30.3 Å². The van der Waals surface area contributed by atoms with Crippen LogP contribution in [0.1, 0.15) is 50.0 Å². The average molecular weight is 443 g/mol. The molecule has 1 aromatic carbocycles. The van der Waals surface area contributed by atoms with Crippen molar-refractivity contribution in [3.05, 3.63) is 35.9 Å². The molecule has 2 N–H and O–H groups in total. The van der Waals surface area contributed by atoms with E-state index in [-0.39, 0.29) is 18.5 Å². The summed E-state index contributed by atoms with van der Waals surface area (Å²) in [5.41, 5.74) is 3.04. The number of hydrogen-bond donors (Lipinski definition) is 2. The van der Waals surface area contributed by atoms with Gasteiger partial charge in [0.2, 0.25) is 11.8 Å². The monoisotopic (exact) mass is 442 g/mol. The molecule has 3 saturated heterocycles. The highest BCUT2D eigenvalue weighted by atomic mass is 16.5. The Bertz CT molecular complexity index is 803. The Morgan fingerprint density at radius 1 is 0.781 bits per heavy atom. The van der Waals surface area contributed by atoms with E-state index in [0.29, 0.717) is 32.0 Å². The number of urea groups is 1. The van der Waals surface area contributed by atoms with Gasteiger partial charge in [0, 0.05) is 39.3 Å². The van der Waals surface area contributed by atoms with Crippen LogP contribution in [0.25, 0.3) is 0 Å². The van der Waals surface area contributed by atoms with Crippen LogP contribution in [0.3, 0.4) is 0 Å². The van der Waals surface area contributed by atoms with Crippen LogP contribution < -0.4 is 5.48 Å². The average Bonchev–Trinajstić information content (AvgIpc) is 2.88. The van der Waals surface area contributed by atoms with E-state index >= 15 is 0 Å². The van der Waals surface area contributed by atoms with Crippen LogP contribution >= 0.6 is 0 Å². The van der Waals surface area contributed by atoms with Gasteiger partial charge in [-0.3, -0.25) is 14.8 Å². The maximum Gasteiger partial charge on any atom is 0.320 e. The van der Waals surface area contributed by atoms with E-state index in [4.69, 9.17) is 0 Å². The molecule has 3 aliphatic rings. The van der Waals surface area contributed by atoms with E-state index < -0.39 is 17.7 Å². The summed E-state index contributed by atoms with van der Waals surface area (Å²) in [6.07, 6.45) is 5.38. The van der Waals surface area contributed by atoms with Crippen molar-refractivity contribution in [2.45, 2.75) is 44.4 Å². The number of hydroxylamine groups is 1. The van der Waals surface area contributed by atoms with Gasteiger partial charge in [0.05, 0.1) is 11.8 Å². The lowest BCUT2D eigenvalue weighted by atomic mass is 9.82. The summed E-state index contributed by atoms with van der Waals surface area (Å²) in [5, 5.41) is 9.29. The predicted octanol–water partition coefficient (Wildman–Crippen LogP) is 2.44. The number of nitrogens with zero attached hydrogens (tertiary/aromatic N) is 3. The minimum absolute atomic E-state index is 0.0322. The first kappa shape index (κ1) is 22.6. The number of rotatable bonds is 3. The molecule has 2 atom stereocenters. The molecule has 0 radical (unpaired) electrons. The number of benzene rings is 1. The molecule has 174 valence electrons. The number of nitrogens with one attached hydrogen (secondary N) is 1. The molecular weight excluding hydrogens is 408 g/mol. The maximum atomic E-state index is 13.4. The zero-order valence-electron chi connectivity index (χ0n) is 18.6. The summed E-state index contributed by atoms with van der Waals surface area (Å²) < 4.78 is 0. The molecular formula is C24H34N4O4. The van der Waals surface area contributed by atoms with Gasteiger partial charge in [-0.05, 0) is 50.0 Å². The fourth-order valence-corrected chi connectivity index (χ4v) is 5.45. The van der Waals surface area contributed by atoms with Gasteiger partial charge in [-0.2, -0.15) is 0 Å². The highest BCUT2D eigenvalue weighted by Gasteiger charge is 2.42. The van der Waals surface area contributed by atoms with Gasteiger partial charge in [0.15, 0.2) is 0 Å². The van der Waals surface area contributed by atoms with Gasteiger partial charge < -0.3 is 14.7 Å². The van der Waals surface area contributed by atoms with Crippen molar-refractivity contribution < 1.29 is 19.6 Å². The first-order valence-corrected chi connectivity index (χ1v) is 11.9. The topological polar surface area (TPSA) is 93.2 Å². The Morgan fingerprint density at radius 2 is 1.44 bits per heavy atom. The normalized spacial score (nSPS) is 24.8. The smallest absolute Gasteiger partial charge is 0.320 e. The van der Waals surface area contributed by atoms with Crippen LogP contribution in [0.5, 0.6) is 0 Å². The van der Waals surface area contributed by atoms with Crippen molar-refractivity contribution in [1.82, 2.24) is 20.2 Å². The molecule has 3 aliphatic heterocycles. The molecule has 3 fully saturated rings. The Hall–Kier alpha value is -2.61. The first-order valence-electron chi connectivity index (χ1n) is 11.9. The third kappa shape index (κ3) is 4.90. The summed E-state index contributed by atoms with van der Waals surface area (Å²) in [6.45, 7) is 3.44. The van der Waals surface area contributed by atoms with E-state index in [1.165, 1.54) is 5.56 Å². The Balaban J connectivity index is 1.38. The highest BCUT2D eigenvalue weighted by molar-refractivity contribution is 5.88. The lowest BCUT2D eigenvalue weighted by Gasteiger charge is -2.42. The fraction of sp³-hybridized carbons (Fsp3) is 0.625. The molecule has 8 heteroatoms. The first-order chi connectivity index (χ1) is 15.6. The zero-order valence-corrected chi connectivity index (χ0v) is 18.6. The Labute approximate surface area is 189 Å². The summed E-state index contributed by atoms with van der Waals surface area (Å²) in [6, 6.07) is 10.3. The minimum Gasteiger partial charge on any atom is -0.342 e. The number of carbonyl (C=O) groups excluding carboxylic acids is 3. The van der Waals surface area contributed by atoms with Crippen LogP contribution in [-0.4, -0.2) is 77.0 Å². The molecule has 1 aromatic rings. The van der Waals surface area contributed by atoms with E-state index in [1.807, 2.05) is 28.0 Å². The van der Waals surface area contributed by atoms with Crippen LogP contribution in [0.4, 0.5) is 4.79 Å². The molecule has 0 aliphatic carbocycles. The number of likely N-dealkylation sites (tertiary alicyclic amines) is 3. The summed E-state index contributed by atoms with van der Waals surface area (Å²) in [7, 11) is 0. The lowest BCUT2D eigenvalue weighted by molar-refractivity contribution is -0.148. The quantitative estimate of drug-likeness (QED) is 0.555. The predicted molar refractivity (Wildman–Crippen MR) is 119 cm³/mol. The van der Waals surface area contributed by atoms with E-state index in [1.54, 1.807) is 10.4 Å². The third-order valence-corrected chi connectivity index (χ3v) is 7.35. The second-order valence-corrected chi connectivity index (χ2v) is 9.26. The molecule has 3 heterocycles. The lowest BCUT2D eigenvalue weighted by Crippen LogP contribution is -2.56. The molecule has 8 nitrogen and oxygen atoms in total. The molecule has 4 rings (SSSR count). The molecule has 0 aromatic heterocycles. The second kappa shape index (κ2) is 10.3. The SMILES string of the molecule is O=C(NO)[C@H]1CN(C(=O)N2CCCCC2)CC[C@@H]1C(=O)N1CCC(c2ccccc2)CC1. The fourth-order valence-electron chi connectivity index (χ4n) is 5.45. The number of amides is 4. The van der Waals surface area contributed by atoms with Gasteiger partial charge in [0.1, 0.15) is 0 Å². The molecule has 4 amide bonds. The van der Waals surface area contributed by atoms with Gasteiger partial charge >= 0.3 is 6.03 Å². The van der Waals surface area contributed by atoms with Crippen LogP contribution in [0.2, 0.25) is 0 Å². The maximum absolute atomic E-state index is 13.4. The number of piperidine rings is 3. The Morgan fingerprint density at radius 3 is 2.09 bits per heavy atom. The van der Waals surface area contributed by atoms with E-state index in [9.17, 15) is 19.6 Å². The molecule has 0 bridgehead atoms. The number of hydrogen-bond acceptors (Lipinski definition) is 4. The third-order valence-electron chi connectivity index (χ3n) is 7.35. The highest BCUT2D eigenvalue weighted by Crippen LogP contribution is 2.32. The second-order valence-electron chi connectivity index (χ2n) is 9.26. The van der Waals surface area contributed by atoms with E-state index in [2.05, 4.69) is 12.1 Å². The van der Waals surface area contributed by atoms with Crippen molar-refractivity contribution in [2.75, 3.05) is 39.3 Å². The summed E-state index contributed by atoms with van der Waals surface area (Å²) in [4.78, 5) is 44.1. The van der Waals surface area contributed by atoms with Crippen LogP contribution in [-0.2, 0) is 9.59 Å². The van der Waals surface area contributed by atoms with Crippen molar-refractivity contribution in [3.8, 4) is 0 Å². The van der Waals surface area contributed by atoms with Crippen LogP contribution in [0, 0.1) is 11.8 Å². The van der Waals surface area contributed by atoms with Gasteiger partial charge in [-0.15, -0.1) is 0 Å². The largest absolute Gasteiger partial charge is 0.342 e. The molecule has 0 spiro atoms. The molecule has 0 unspecified atom stereocenters. The van der Waals surface area contributed by atoms with Crippen molar-refractivity contribution in [2.24, 2.45) is 11.8 Å². The van der Waals surface area contributed by atoms with Gasteiger partial charge in [0.25, 0.3) is 0 Å². The molecule has 32 heavy (non-hydrogen) atoms. The van der Waals surface area contributed by atoms with Crippen molar-refractivity contribution >= 4 is 17.8 Å². The van der Waals surface area contributed by atoms with Gasteiger partial charge in [-0.1, -0.05) is 30.3 Å². The Kier molecular flexibility index (Phi) is 7.29. The molecule has 0 saturated carbocycles. The standard InChI is InChI=1S/C24H34N4O4/c29-22(25-32)21-17-28(24(31)27-12-5-2-6-13-27)16-11-20(21)23(30)26-14-9-19(10-15-26)18-7-3-1-4-8-18/h1,3-4,7-8,19-21,32H,2,5-6,9-17H2,(H,25,29)/t20-,21-/m0/s1. The number of carbonyl (C=O) groups is 3. The van der Waals surface area contributed by atoms with Gasteiger partial charge in [-0.25, -0.2) is 10.3 Å². The summed E-state index contributed by atoms with van der Waals surface area (Å²) in [5.74, 6) is -1.42. The van der Waals surface area contributed by atoms with Crippen molar-refractivity contribution in [3.63, 3.8) is 0 Å². The summed E-state index contributed by atoms with van der Waals surface area (Å²) >= 11 is 0. The van der Waals surface area contributed by atoms with Crippen molar-refractivity contribution in [1.29, 1.82) is 0 Å². The minimum atomic E-state index is -0.734. The van der Waals surface area contributed by atoms with E-state index in [0.717, 1.165) is 45.2 Å².